The molecular formula is C35H26N4O11S2. The van der Waals surface area contributed by atoms with Crippen LogP contribution in [0.4, 0.5) is 27.5 Å². The summed E-state index contributed by atoms with van der Waals surface area (Å²) in [6, 6.07) is 23.6. The Hall–Kier alpha value is -6.53. The first kappa shape index (κ1) is 35.3. The van der Waals surface area contributed by atoms with E-state index in [0.29, 0.717) is 10.8 Å². The van der Waals surface area contributed by atoms with Crippen LogP contribution in [0.5, 0.6) is 11.5 Å². The summed E-state index contributed by atoms with van der Waals surface area (Å²) in [5.74, 6) is -1.72. The van der Waals surface area contributed by atoms with Crippen LogP contribution >= 0.6 is 0 Å². The zero-order chi connectivity index (χ0) is 37.4. The fourth-order valence-electron chi connectivity index (χ4n) is 5.32. The zero-order valence-electron chi connectivity index (χ0n) is 26.4. The molecule has 6 aromatic rings. The number of anilines is 4. The van der Waals surface area contributed by atoms with Crippen LogP contribution < -0.4 is 21.3 Å². The average Bonchev–Trinajstić information content (AvgIpc) is 3.09. The molecule has 0 bridgehead atoms. The van der Waals surface area contributed by atoms with Gasteiger partial charge in [0.15, 0.2) is 0 Å². The molecule has 0 aliphatic heterocycles. The van der Waals surface area contributed by atoms with E-state index in [-0.39, 0.29) is 56.1 Å². The van der Waals surface area contributed by atoms with Crippen molar-refractivity contribution in [2.75, 3.05) is 21.3 Å². The molecule has 0 heterocycles. The predicted molar refractivity (Wildman–Crippen MR) is 192 cm³/mol. The van der Waals surface area contributed by atoms with Gasteiger partial charge in [0.1, 0.15) is 11.5 Å². The van der Waals surface area contributed by atoms with Crippen LogP contribution in [-0.4, -0.2) is 54.0 Å². The van der Waals surface area contributed by atoms with Crippen LogP contribution in [0.25, 0.3) is 21.5 Å². The van der Waals surface area contributed by atoms with Gasteiger partial charge in [0.25, 0.3) is 32.1 Å². The summed E-state index contributed by atoms with van der Waals surface area (Å²) in [4.78, 5) is 38.3. The number of amides is 4. The van der Waals surface area contributed by atoms with Crippen LogP contribution in [0.2, 0.25) is 0 Å². The van der Waals surface area contributed by atoms with Gasteiger partial charge in [-0.25, -0.2) is 4.79 Å². The fraction of sp³-hybridized carbons (Fsp3) is 0. The molecule has 6 rings (SSSR count). The highest BCUT2D eigenvalue weighted by Gasteiger charge is 2.18. The highest BCUT2D eigenvalue weighted by molar-refractivity contribution is 7.86. The highest BCUT2D eigenvalue weighted by atomic mass is 32.2. The Morgan fingerprint density at radius 1 is 0.462 bits per heavy atom. The van der Waals surface area contributed by atoms with Gasteiger partial charge < -0.3 is 31.5 Å². The molecule has 0 aliphatic carbocycles. The molecule has 264 valence electrons. The largest absolute Gasteiger partial charge is 0.507 e. The number of carbonyl (C=O) groups excluding carboxylic acids is 3. The fourth-order valence-corrected chi connectivity index (χ4v) is 6.34. The second-order valence-electron chi connectivity index (χ2n) is 11.3. The molecule has 0 saturated carbocycles. The molecule has 15 nitrogen and oxygen atoms in total. The van der Waals surface area contributed by atoms with E-state index in [9.17, 15) is 50.5 Å². The number of rotatable bonds is 8. The van der Waals surface area contributed by atoms with Crippen molar-refractivity contribution < 1.29 is 50.5 Å². The molecule has 0 aromatic heterocycles. The minimum atomic E-state index is -4.54. The topological polar surface area (TPSA) is 249 Å². The molecular weight excluding hydrogens is 717 g/mol. The molecule has 0 fully saturated rings. The predicted octanol–water partition coefficient (Wildman–Crippen LogP) is 6.05. The summed E-state index contributed by atoms with van der Waals surface area (Å²) >= 11 is 0. The lowest BCUT2D eigenvalue weighted by molar-refractivity contribution is 0.101. The van der Waals surface area contributed by atoms with Gasteiger partial charge in [0, 0.05) is 55.4 Å². The van der Waals surface area contributed by atoms with E-state index >= 15 is 0 Å². The zero-order valence-corrected chi connectivity index (χ0v) is 28.0. The monoisotopic (exact) mass is 742 g/mol. The van der Waals surface area contributed by atoms with E-state index in [1.54, 1.807) is 0 Å². The molecule has 4 amide bonds. The maximum absolute atomic E-state index is 13.2. The SMILES string of the molecule is O=C(Nc1cccc(C(=O)Nc2ccc(O)c3cc(S(=O)(=O)O)ccc23)c1)Nc1cccc(C(=O)Nc2ccc(O)c3cc(S(=O)(=O)O)ccc23)c1. The quantitative estimate of drug-likeness (QED) is 0.0659. The Bertz CT molecular complexity index is 2500. The Morgan fingerprint density at radius 2 is 0.865 bits per heavy atom. The number of urea groups is 1. The van der Waals surface area contributed by atoms with Gasteiger partial charge in [0.2, 0.25) is 0 Å². The van der Waals surface area contributed by atoms with Gasteiger partial charge in [-0.05, 0) is 84.9 Å². The molecule has 52 heavy (non-hydrogen) atoms. The summed E-state index contributed by atoms with van der Waals surface area (Å²) in [5.41, 5.74) is 1.24. The summed E-state index contributed by atoms with van der Waals surface area (Å²) in [6.45, 7) is 0. The number of hydrogen-bond donors (Lipinski definition) is 8. The highest BCUT2D eigenvalue weighted by Crippen LogP contribution is 2.34. The molecule has 0 atom stereocenters. The third-order valence-corrected chi connectivity index (χ3v) is 9.49. The molecule has 6 aromatic carbocycles. The van der Waals surface area contributed by atoms with Crippen molar-refractivity contribution in [3.05, 3.63) is 120 Å². The number of hydrogen-bond acceptors (Lipinski definition) is 9. The first-order valence-electron chi connectivity index (χ1n) is 14.9. The molecule has 8 N–H and O–H groups in total. The Morgan fingerprint density at radius 3 is 1.25 bits per heavy atom. The van der Waals surface area contributed by atoms with Crippen molar-refractivity contribution in [2.45, 2.75) is 9.79 Å². The van der Waals surface area contributed by atoms with Gasteiger partial charge >= 0.3 is 6.03 Å². The molecule has 0 aliphatic rings. The van der Waals surface area contributed by atoms with Gasteiger partial charge in [0.05, 0.1) is 9.79 Å². The van der Waals surface area contributed by atoms with Crippen LogP contribution in [0, 0.1) is 0 Å². The Labute approximate surface area is 295 Å². The summed E-state index contributed by atoms with van der Waals surface area (Å²) in [5, 5.41) is 31.8. The molecule has 0 radical (unpaired) electrons. The summed E-state index contributed by atoms with van der Waals surface area (Å²) in [7, 11) is -9.08. The number of phenolic OH excluding ortho intramolecular Hbond substituents is 2. The van der Waals surface area contributed by atoms with Crippen molar-refractivity contribution in [1.82, 2.24) is 0 Å². The van der Waals surface area contributed by atoms with E-state index in [0.717, 1.165) is 24.3 Å². The van der Waals surface area contributed by atoms with Gasteiger partial charge in [-0.3, -0.25) is 18.7 Å². The third-order valence-electron chi connectivity index (χ3n) is 7.79. The van der Waals surface area contributed by atoms with E-state index in [1.807, 2.05) is 0 Å². The van der Waals surface area contributed by atoms with Crippen molar-refractivity contribution in [3.8, 4) is 11.5 Å². The Kier molecular flexibility index (Phi) is 9.26. The van der Waals surface area contributed by atoms with Gasteiger partial charge in [-0.1, -0.05) is 24.3 Å². The molecule has 17 heteroatoms. The lowest BCUT2D eigenvalue weighted by Crippen LogP contribution is -2.20. The number of nitrogens with one attached hydrogen (secondary N) is 4. The number of phenols is 2. The van der Waals surface area contributed by atoms with E-state index < -0.39 is 47.9 Å². The van der Waals surface area contributed by atoms with Crippen LogP contribution in [0.3, 0.4) is 0 Å². The maximum Gasteiger partial charge on any atom is 0.323 e. The summed E-state index contributed by atoms with van der Waals surface area (Å²) < 4.78 is 64.9. The van der Waals surface area contributed by atoms with Gasteiger partial charge in [-0.2, -0.15) is 16.8 Å². The number of benzene rings is 6. The van der Waals surface area contributed by atoms with Crippen LogP contribution in [-0.2, 0) is 20.2 Å². The van der Waals surface area contributed by atoms with Crippen LogP contribution in [0.1, 0.15) is 20.7 Å². The van der Waals surface area contributed by atoms with Crippen molar-refractivity contribution in [3.63, 3.8) is 0 Å². The average molecular weight is 743 g/mol. The Balaban J connectivity index is 1.13. The standard InChI is InChI=1S/C35H26N4O11S2/c40-31-13-11-29(25-9-7-23(17-27(25)31)51(45,46)47)38-33(42)19-3-1-5-21(15-19)36-35(44)37-22-6-2-4-20(16-22)34(43)39-30-12-14-32(41)28-18-24(52(48,49)50)8-10-26(28)30/h1-18,40-41H,(H,38,42)(H,39,43)(H2,36,37,44)(H,45,46,47)(H,48,49,50). The van der Waals surface area contributed by atoms with E-state index in [2.05, 4.69) is 21.3 Å². The molecule has 0 unspecified atom stereocenters. The van der Waals surface area contributed by atoms with Crippen molar-refractivity contribution >= 4 is 82.4 Å². The van der Waals surface area contributed by atoms with Gasteiger partial charge in [-0.15, -0.1) is 0 Å². The normalized spacial score (nSPS) is 11.6. The van der Waals surface area contributed by atoms with E-state index in [1.165, 1.54) is 84.9 Å². The first-order chi connectivity index (χ1) is 24.6. The smallest absolute Gasteiger partial charge is 0.323 e. The third kappa shape index (κ3) is 7.62. The minimum Gasteiger partial charge on any atom is -0.507 e. The van der Waals surface area contributed by atoms with Crippen molar-refractivity contribution in [2.24, 2.45) is 0 Å². The molecule has 0 spiro atoms. The lowest BCUT2D eigenvalue weighted by atomic mass is 10.1. The first-order valence-corrected chi connectivity index (χ1v) is 17.8. The van der Waals surface area contributed by atoms with E-state index in [4.69, 9.17) is 0 Å². The second kappa shape index (κ2) is 13.6. The number of carbonyl (C=O) groups is 3. The maximum atomic E-state index is 13.2. The number of aromatic hydroxyl groups is 2. The van der Waals surface area contributed by atoms with Crippen molar-refractivity contribution in [1.29, 1.82) is 0 Å². The lowest BCUT2D eigenvalue weighted by Gasteiger charge is -2.13. The van der Waals surface area contributed by atoms with Crippen LogP contribution in [0.15, 0.2) is 119 Å². The summed E-state index contributed by atoms with van der Waals surface area (Å²) in [6.07, 6.45) is 0. The number of fused-ring (bicyclic) bond motifs is 2. The second-order valence-corrected chi connectivity index (χ2v) is 14.1. The molecule has 0 saturated heterocycles. The minimum absolute atomic E-state index is 0.0762.